The predicted octanol–water partition coefficient (Wildman–Crippen LogP) is 4.93. The Balaban J connectivity index is 2.10. The predicted molar refractivity (Wildman–Crippen MR) is 81.0 cm³/mol. The van der Waals surface area contributed by atoms with Crippen molar-refractivity contribution < 1.29 is 4.74 Å². The van der Waals surface area contributed by atoms with Gasteiger partial charge in [0.05, 0.1) is 0 Å². The molecule has 0 amide bonds. The van der Waals surface area contributed by atoms with Crippen LogP contribution in [0, 0.1) is 20.8 Å². The molecule has 0 saturated carbocycles. The van der Waals surface area contributed by atoms with E-state index in [9.17, 15) is 0 Å². The van der Waals surface area contributed by atoms with Gasteiger partial charge in [0.2, 0.25) is 0 Å². The summed E-state index contributed by atoms with van der Waals surface area (Å²) >= 11 is 5.77. The van der Waals surface area contributed by atoms with Crippen LogP contribution in [0.4, 0.5) is 0 Å². The Morgan fingerprint density at radius 1 is 0.947 bits per heavy atom. The van der Waals surface area contributed by atoms with Gasteiger partial charge >= 0.3 is 0 Å². The largest absolute Gasteiger partial charge is 0.489 e. The van der Waals surface area contributed by atoms with Gasteiger partial charge in [0, 0.05) is 5.88 Å². The zero-order chi connectivity index (χ0) is 13.8. The van der Waals surface area contributed by atoms with Crippen molar-refractivity contribution in [3.63, 3.8) is 0 Å². The highest BCUT2D eigenvalue weighted by Gasteiger charge is 2.05. The first-order chi connectivity index (χ1) is 9.10. The Morgan fingerprint density at radius 2 is 1.53 bits per heavy atom. The fourth-order valence-corrected chi connectivity index (χ4v) is 2.45. The van der Waals surface area contributed by atoms with Crippen LogP contribution >= 0.6 is 11.6 Å². The van der Waals surface area contributed by atoms with Crippen LogP contribution in [0.1, 0.15) is 27.8 Å². The molecule has 0 fully saturated rings. The highest BCUT2D eigenvalue weighted by atomic mass is 35.5. The molecule has 19 heavy (non-hydrogen) atoms. The van der Waals surface area contributed by atoms with Gasteiger partial charge in [0.15, 0.2) is 0 Å². The molecule has 2 aromatic rings. The first-order valence-corrected chi connectivity index (χ1v) is 6.98. The number of hydrogen-bond acceptors (Lipinski definition) is 1. The Hall–Kier alpha value is -1.47. The summed E-state index contributed by atoms with van der Waals surface area (Å²) in [6.07, 6.45) is 0. The van der Waals surface area contributed by atoms with Crippen molar-refractivity contribution in [1.82, 2.24) is 0 Å². The minimum Gasteiger partial charge on any atom is -0.489 e. The lowest BCUT2D eigenvalue weighted by molar-refractivity contribution is 0.304. The third-order valence-electron chi connectivity index (χ3n) is 3.30. The molecule has 0 N–H and O–H groups in total. The SMILES string of the molecule is Cc1cc(C)c(COc2ccc(CCl)cc2)c(C)c1. The zero-order valence-electron chi connectivity index (χ0n) is 11.7. The standard InChI is InChI=1S/C17H19ClO/c1-12-8-13(2)17(14(3)9-12)11-19-16-6-4-15(10-18)5-7-16/h4-9H,10-11H2,1-3H3. The van der Waals surface area contributed by atoms with Crippen LogP contribution in [-0.2, 0) is 12.5 Å². The van der Waals surface area contributed by atoms with Gasteiger partial charge in [-0.3, -0.25) is 0 Å². The Morgan fingerprint density at radius 3 is 2.05 bits per heavy atom. The van der Waals surface area contributed by atoms with E-state index in [-0.39, 0.29) is 0 Å². The lowest BCUT2D eigenvalue weighted by Crippen LogP contribution is -2.01. The fourth-order valence-electron chi connectivity index (χ4n) is 2.27. The molecule has 2 heteroatoms. The third kappa shape index (κ3) is 3.51. The van der Waals surface area contributed by atoms with Crippen molar-refractivity contribution in [1.29, 1.82) is 0 Å². The van der Waals surface area contributed by atoms with Crippen LogP contribution in [0.15, 0.2) is 36.4 Å². The molecule has 0 heterocycles. The van der Waals surface area contributed by atoms with E-state index < -0.39 is 0 Å². The van der Waals surface area contributed by atoms with Gasteiger partial charge in [-0.1, -0.05) is 29.8 Å². The van der Waals surface area contributed by atoms with Crippen molar-refractivity contribution in [3.05, 3.63) is 64.2 Å². The summed E-state index contributed by atoms with van der Waals surface area (Å²) in [5, 5.41) is 0. The summed E-state index contributed by atoms with van der Waals surface area (Å²) in [4.78, 5) is 0. The van der Waals surface area contributed by atoms with Gasteiger partial charge in [0.25, 0.3) is 0 Å². The second kappa shape index (κ2) is 6.12. The molecule has 1 nitrogen and oxygen atoms in total. The van der Waals surface area contributed by atoms with Crippen LogP contribution in [-0.4, -0.2) is 0 Å². The highest BCUT2D eigenvalue weighted by Crippen LogP contribution is 2.20. The summed E-state index contributed by atoms with van der Waals surface area (Å²) in [5.41, 5.74) is 6.25. The molecule has 100 valence electrons. The Bertz CT molecular complexity index is 535. The monoisotopic (exact) mass is 274 g/mol. The van der Waals surface area contributed by atoms with E-state index in [2.05, 4.69) is 32.9 Å². The van der Waals surface area contributed by atoms with Crippen molar-refractivity contribution in [2.75, 3.05) is 0 Å². The van der Waals surface area contributed by atoms with Crippen molar-refractivity contribution >= 4 is 11.6 Å². The van der Waals surface area contributed by atoms with Crippen molar-refractivity contribution in [2.24, 2.45) is 0 Å². The van der Waals surface area contributed by atoms with E-state index in [1.165, 1.54) is 22.3 Å². The van der Waals surface area contributed by atoms with Crippen LogP contribution < -0.4 is 4.74 Å². The maximum absolute atomic E-state index is 5.85. The molecule has 0 aliphatic heterocycles. The highest BCUT2D eigenvalue weighted by molar-refractivity contribution is 6.17. The van der Waals surface area contributed by atoms with Crippen LogP contribution in [0.5, 0.6) is 5.75 Å². The van der Waals surface area contributed by atoms with E-state index >= 15 is 0 Å². The number of ether oxygens (including phenoxy) is 1. The molecular formula is C17H19ClO. The van der Waals surface area contributed by atoms with E-state index in [4.69, 9.17) is 16.3 Å². The van der Waals surface area contributed by atoms with Gasteiger partial charge in [0.1, 0.15) is 12.4 Å². The van der Waals surface area contributed by atoms with Crippen molar-refractivity contribution in [3.8, 4) is 5.75 Å². The summed E-state index contributed by atoms with van der Waals surface area (Å²) in [6, 6.07) is 12.3. The Labute approximate surface area is 120 Å². The average Bonchev–Trinajstić information content (AvgIpc) is 2.38. The normalized spacial score (nSPS) is 10.5. The molecule has 0 unspecified atom stereocenters. The maximum atomic E-state index is 5.85. The maximum Gasteiger partial charge on any atom is 0.119 e. The van der Waals surface area contributed by atoms with Gasteiger partial charge in [-0.05, 0) is 55.2 Å². The first kappa shape index (κ1) is 14.0. The molecule has 0 aromatic heterocycles. The smallest absolute Gasteiger partial charge is 0.119 e. The van der Waals surface area contributed by atoms with Crippen molar-refractivity contribution in [2.45, 2.75) is 33.3 Å². The molecule has 0 spiro atoms. The van der Waals surface area contributed by atoms with Crippen LogP contribution in [0.2, 0.25) is 0 Å². The lowest BCUT2D eigenvalue weighted by Gasteiger charge is -2.13. The molecule has 0 radical (unpaired) electrons. The molecule has 0 atom stereocenters. The summed E-state index contributed by atoms with van der Waals surface area (Å²) in [7, 11) is 0. The average molecular weight is 275 g/mol. The van der Waals surface area contributed by atoms with E-state index in [0.717, 1.165) is 11.3 Å². The van der Waals surface area contributed by atoms with Crippen LogP contribution in [0.3, 0.4) is 0 Å². The molecule has 0 bridgehead atoms. The van der Waals surface area contributed by atoms with Gasteiger partial charge in [-0.15, -0.1) is 11.6 Å². The quantitative estimate of drug-likeness (QED) is 0.719. The number of aryl methyl sites for hydroxylation is 3. The minimum absolute atomic E-state index is 0.538. The van der Waals surface area contributed by atoms with Crippen LogP contribution in [0.25, 0.3) is 0 Å². The summed E-state index contributed by atoms with van der Waals surface area (Å²) in [6.45, 7) is 7.00. The third-order valence-corrected chi connectivity index (χ3v) is 3.61. The Kier molecular flexibility index (Phi) is 4.49. The minimum atomic E-state index is 0.538. The second-order valence-corrected chi connectivity index (χ2v) is 5.21. The number of halogens is 1. The lowest BCUT2D eigenvalue weighted by atomic mass is 10.0. The fraction of sp³-hybridized carbons (Fsp3) is 0.294. The van der Waals surface area contributed by atoms with Gasteiger partial charge < -0.3 is 4.74 Å². The molecule has 0 aliphatic rings. The van der Waals surface area contributed by atoms with E-state index in [0.29, 0.717) is 12.5 Å². The number of benzene rings is 2. The van der Waals surface area contributed by atoms with E-state index in [1.54, 1.807) is 0 Å². The topological polar surface area (TPSA) is 9.23 Å². The zero-order valence-corrected chi connectivity index (χ0v) is 12.4. The molecule has 0 saturated heterocycles. The number of hydrogen-bond donors (Lipinski definition) is 0. The summed E-state index contributed by atoms with van der Waals surface area (Å²) < 4.78 is 5.85. The van der Waals surface area contributed by atoms with E-state index in [1.807, 2.05) is 24.3 Å². The number of rotatable bonds is 4. The summed E-state index contributed by atoms with van der Waals surface area (Å²) in [5.74, 6) is 1.42. The molecule has 2 aromatic carbocycles. The number of alkyl halides is 1. The molecular weight excluding hydrogens is 256 g/mol. The van der Waals surface area contributed by atoms with Gasteiger partial charge in [-0.25, -0.2) is 0 Å². The second-order valence-electron chi connectivity index (χ2n) is 4.94. The molecule has 2 rings (SSSR count). The first-order valence-electron chi connectivity index (χ1n) is 6.44. The van der Waals surface area contributed by atoms with Gasteiger partial charge in [-0.2, -0.15) is 0 Å². The molecule has 0 aliphatic carbocycles.